The van der Waals surface area contributed by atoms with Crippen LogP contribution < -0.4 is 10.1 Å². The monoisotopic (exact) mass is 454 g/mol. The first-order chi connectivity index (χ1) is 15.5. The molecule has 1 N–H and O–H groups in total. The number of amides is 1. The second-order valence-corrected chi connectivity index (χ2v) is 9.48. The molecule has 2 heterocycles. The van der Waals surface area contributed by atoms with Crippen molar-refractivity contribution in [1.29, 1.82) is 0 Å². The van der Waals surface area contributed by atoms with E-state index in [0.29, 0.717) is 26.1 Å². The first-order valence-corrected chi connectivity index (χ1v) is 12.0. The highest BCUT2D eigenvalue weighted by Gasteiger charge is 2.30. The van der Waals surface area contributed by atoms with Gasteiger partial charge in [-0.2, -0.15) is 9.40 Å². The van der Waals surface area contributed by atoms with E-state index >= 15 is 0 Å². The Morgan fingerprint density at radius 1 is 1.09 bits per heavy atom. The number of methoxy groups -OCH3 is 1. The molecule has 0 bridgehead atoms. The van der Waals surface area contributed by atoms with E-state index in [-0.39, 0.29) is 22.1 Å². The summed E-state index contributed by atoms with van der Waals surface area (Å²) in [5.41, 5.74) is 2.09. The minimum atomic E-state index is -3.71. The van der Waals surface area contributed by atoms with E-state index in [2.05, 4.69) is 10.4 Å². The van der Waals surface area contributed by atoms with Crippen LogP contribution in [-0.2, 0) is 16.4 Å². The van der Waals surface area contributed by atoms with Gasteiger partial charge in [0.05, 0.1) is 18.5 Å². The number of rotatable bonds is 8. The lowest BCUT2D eigenvalue weighted by Gasteiger charge is -2.18. The highest BCUT2D eigenvalue weighted by molar-refractivity contribution is 7.89. The number of sulfonamides is 1. The van der Waals surface area contributed by atoms with Crippen LogP contribution in [0.4, 0.5) is 0 Å². The third-order valence-corrected chi connectivity index (χ3v) is 7.36. The molecule has 1 amide bonds. The van der Waals surface area contributed by atoms with Gasteiger partial charge in [0.2, 0.25) is 10.0 Å². The van der Waals surface area contributed by atoms with E-state index in [1.165, 1.54) is 23.5 Å². The van der Waals surface area contributed by atoms with E-state index in [9.17, 15) is 13.2 Å². The molecule has 1 aliphatic rings. The highest BCUT2D eigenvalue weighted by atomic mass is 32.2. The Morgan fingerprint density at radius 2 is 1.84 bits per heavy atom. The van der Waals surface area contributed by atoms with Gasteiger partial charge in [-0.05, 0) is 49.2 Å². The molecule has 8 nitrogen and oxygen atoms in total. The van der Waals surface area contributed by atoms with Crippen LogP contribution in [0.15, 0.2) is 65.7 Å². The van der Waals surface area contributed by atoms with Crippen molar-refractivity contribution in [2.24, 2.45) is 0 Å². The van der Waals surface area contributed by atoms with Gasteiger partial charge in [-0.3, -0.25) is 4.79 Å². The van der Waals surface area contributed by atoms with Gasteiger partial charge in [0, 0.05) is 37.8 Å². The SMILES string of the molecule is COc1ccc(C(=O)NCCc2ccn(-c3ccccc3)n2)cc1S(=O)(=O)N1CCCC1. The third kappa shape index (κ3) is 4.68. The van der Waals surface area contributed by atoms with Gasteiger partial charge in [-0.25, -0.2) is 13.1 Å². The molecule has 3 aromatic rings. The number of carbonyl (C=O) groups is 1. The van der Waals surface area contributed by atoms with Crippen molar-refractivity contribution in [1.82, 2.24) is 19.4 Å². The van der Waals surface area contributed by atoms with Crippen LogP contribution in [0.3, 0.4) is 0 Å². The number of carbonyl (C=O) groups excluding carboxylic acids is 1. The standard InChI is InChI=1S/C23H26N4O4S/c1-31-21-10-9-18(17-22(21)32(29,30)26-14-5-6-15-26)23(28)24-13-11-19-12-16-27(25-19)20-7-3-2-4-8-20/h2-4,7-10,12,16-17H,5-6,11,13-15H2,1H3,(H,24,28). The Morgan fingerprint density at radius 3 is 2.56 bits per heavy atom. The number of nitrogens with zero attached hydrogens (tertiary/aromatic N) is 3. The first kappa shape index (κ1) is 22.0. The summed E-state index contributed by atoms with van der Waals surface area (Å²) >= 11 is 0. The first-order valence-electron chi connectivity index (χ1n) is 10.6. The maximum absolute atomic E-state index is 13.0. The Labute approximate surface area is 187 Å². The van der Waals surface area contributed by atoms with Crippen molar-refractivity contribution >= 4 is 15.9 Å². The number of nitrogens with one attached hydrogen (secondary N) is 1. The molecule has 168 valence electrons. The molecule has 9 heteroatoms. The lowest BCUT2D eigenvalue weighted by molar-refractivity contribution is 0.0954. The molecule has 0 aliphatic carbocycles. The van der Waals surface area contributed by atoms with Crippen LogP contribution in [0.5, 0.6) is 5.75 Å². The van der Waals surface area contributed by atoms with Crippen molar-refractivity contribution in [3.05, 3.63) is 72.1 Å². The van der Waals surface area contributed by atoms with E-state index in [4.69, 9.17) is 4.74 Å². The Bertz CT molecular complexity index is 1190. The lowest BCUT2D eigenvalue weighted by Crippen LogP contribution is -2.29. The van der Waals surface area contributed by atoms with Gasteiger partial charge in [0.15, 0.2) is 0 Å². The van der Waals surface area contributed by atoms with E-state index in [1.807, 2.05) is 42.6 Å². The van der Waals surface area contributed by atoms with Gasteiger partial charge in [-0.15, -0.1) is 0 Å². The maximum atomic E-state index is 13.0. The smallest absolute Gasteiger partial charge is 0.251 e. The number of ether oxygens (including phenoxy) is 1. The van der Waals surface area contributed by atoms with Crippen LogP contribution in [-0.4, -0.2) is 55.2 Å². The molecule has 0 spiro atoms. The number of aromatic nitrogens is 2. The van der Waals surface area contributed by atoms with Crippen LogP contribution in [0, 0.1) is 0 Å². The Kier molecular flexibility index (Phi) is 6.57. The molecule has 0 atom stereocenters. The molecular formula is C23H26N4O4S. The van der Waals surface area contributed by atoms with E-state index < -0.39 is 10.0 Å². The summed E-state index contributed by atoms with van der Waals surface area (Å²) < 4.78 is 34.5. The molecule has 0 radical (unpaired) electrons. The second kappa shape index (κ2) is 9.54. The van der Waals surface area contributed by atoms with Gasteiger partial charge in [0.25, 0.3) is 5.91 Å². The molecular weight excluding hydrogens is 428 g/mol. The lowest BCUT2D eigenvalue weighted by atomic mass is 10.2. The maximum Gasteiger partial charge on any atom is 0.251 e. The molecule has 1 fully saturated rings. The van der Waals surface area contributed by atoms with Crippen molar-refractivity contribution in [2.45, 2.75) is 24.2 Å². The van der Waals surface area contributed by atoms with Crippen LogP contribution in [0.1, 0.15) is 28.9 Å². The summed E-state index contributed by atoms with van der Waals surface area (Å²) in [5, 5.41) is 7.37. The van der Waals surface area contributed by atoms with Crippen LogP contribution in [0.25, 0.3) is 5.69 Å². The minimum Gasteiger partial charge on any atom is -0.495 e. The summed E-state index contributed by atoms with van der Waals surface area (Å²) in [4.78, 5) is 12.7. The fourth-order valence-corrected chi connectivity index (χ4v) is 5.41. The zero-order valence-corrected chi connectivity index (χ0v) is 18.7. The van der Waals surface area contributed by atoms with Gasteiger partial charge in [-0.1, -0.05) is 18.2 Å². The number of hydrogen-bond donors (Lipinski definition) is 1. The number of benzene rings is 2. The fraction of sp³-hybridized carbons (Fsp3) is 0.304. The van der Waals surface area contributed by atoms with Gasteiger partial charge in [0.1, 0.15) is 10.6 Å². The quantitative estimate of drug-likeness (QED) is 0.565. The molecule has 1 aromatic heterocycles. The average molecular weight is 455 g/mol. The predicted molar refractivity (Wildman–Crippen MR) is 121 cm³/mol. The zero-order valence-electron chi connectivity index (χ0n) is 17.9. The number of hydrogen-bond acceptors (Lipinski definition) is 5. The summed E-state index contributed by atoms with van der Waals surface area (Å²) in [7, 11) is -2.29. The van der Waals surface area contributed by atoms with Crippen molar-refractivity contribution in [2.75, 3.05) is 26.7 Å². The largest absolute Gasteiger partial charge is 0.495 e. The second-order valence-electron chi connectivity index (χ2n) is 7.57. The average Bonchev–Trinajstić information content (AvgIpc) is 3.52. The molecule has 0 unspecified atom stereocenters. The van der Waals surface area contributed by atoms with Gasteiger partial charge >= 0.3 is 0 Å². The summed E-state index contributed by atoms with van der Waals surface area (Å²) in [5.74, 6) is -0.104. The van der Waals surface area contributed by atoms with Gasteiger partial charge < -0.3 is 10.1 Å². The minimum absolute atomic E-state index is 0.0242. The molecule has 1 aliphatic heterocycles. The number of para-hydroxylation sites is 1. The van der Waals surface area contributed by atoms with Crippen molar-refractivity contribution < 1.29 is 17.9 Å². The fourth-order valence-electron chi connectivity index (χ4n) is 3.71. The van der Waals surface area contributed by atoms with E-state index in [0.717, 1.165) is 24.2 Å². The van der Waals surface area contributed by atoms with Crippen LogP contribution in [0.2, 0.25) is 0 Å². The predicted octanol–water partition coefficient (Wildman–Crippen LogP) is 2.64. The summed E-state index contributed by atoms with van der Waals surface area (Å²) in [6.07, 6.45) is 4.11. The topological polar surface area (TPSA) is 93.5 Å². The summed E-state index contributed by atoms with van der Waals surface area (Å²) in [6, 6.07) is 16.2. The Balaban J connectivity index is 1.42. The van der Waals surface area contributed by atoms with E-state index in [1.54, 1.807) is 10.7 Å². The van der Waals surface area contributed by atoms with Crippen LogP contribution >= 0.6 is 0 Å². The summed E-state index contributed by atoms with van der Waals surface area (Å²) in [6.45, 7) is 1.35. The zero-order chi connectivity index (χ0) is 22.6. The molecule has 2 aromatic carbocycles. The highest BCUT2D eigenvalue weighted by Crippen LogP contribution is 2.29. The molecule has 4 rings (SSSR count). The third-order valence-electron chi connectivity index (χ3n) is 5.44. The molecule has 0 saturated carbocycles. The molecule has 32 heavy (non-hydrogen) atoms. The Hall–Kier alpha value is -3.17. The normalized spacial score (nSPS) is 14.4. The molecule has 1 saturated heterocycles. The van der Waals surface area contributed by atoms with Crippen molar-refractivity contribution in [3.8, 4) is 11.4 Å². The van der Waals surface area contributed by atoms with Crippen molar-refractivity contribution in [3.63, 3.8) is 0 Å².